The normalized spacial score (nSPS) is 13.1. The summed E-state index contributed by atoms with van der Waals surface area (Å²) in [6.45, 7) is 11.9. The molecule has 1 N–H and O–H groups in total. The lowest BCUT2D eigenvalue weighted by atomic mass is 10.0. The highest BCUT2D eigenvalue weighted by Gasteiger charge is 2.28. The summed E-state index contributed by atoms with van der Waals surface area (Å²) in [5.41, 5.74) is 0.549. The second kappa shape index (κ2) is 6.04. The monoisotopic (exact) mass is 268 g/mol. The van der Waals surface area contributed by atoms with Crippen molar-refractivity contribution in [2.24, 2.45) is 5.92 Å². The van der Waals surface area contributed by atoms with E-state index in [0.29, 0.717) is 17.4 Å². The third kappa shape index (κ3) is 3.24. The van der Waals surface area contributed by atoms with Crippen molar-refractivity contribution in [1.82, 2.24) is 9.78 Å². The van der Waals surface area contributed by atoms with Crippen LogP contribution in [0, 0.1) is 23.0 Å². The SMILES string of the molecule is CCC(Nc1c([N+](=O)[O-])c(C)nn1C(C)C)C(C)C. The van der Waals surface area contributed by atoms with E-state index in [1.54, 1.807) is 11.6 Å². The van der Waals surface area contributed by atoms with Gasteiger partial charge in [0.2, 0.25) is 5.82 Å². The fourth-order valence-electron chi connectivity index (χ4n) is 2.18. The van der Waals surface area contributed by atoms with E-state index in [2.05, 4.69) is 31.2 Å². The lowest BCUT2D eigenvalue weighted by Crippen LogP contribution is -2.27. The molecule has 19 heavy (non-hydrogen) atoms. The Kier molecular flexibility index (Phi) is 4.91. The second-order valence-electron chi connectivity index (χ2n) is 5.48. The predicted octanol–water partition coefficient (Wildman–Crippen LogP) is 3.53. The molecule has 1 aromatic rings. The number of rotatable bonds is 6. The Morgan fingerprint density at radius 1 is 1.37 bits per heavy atom. The first kappa shape index (κ1) is 15.5. The molecule has 0 amide bonds. The Hall–Kier alpha value is -1.59. The first-order valence-corrected chi connectivity index (χ1v) is 6.79. The predicted molar refractivity (Wildman–Crippen MR) is 76.5 cm³/mol. The van der Waals surface area contributed by atoms with Crippen LogP contribution in [0.5, 0.6) is 0 Å². The van der Waals surface area contributed by atoms with Crippen LogP contribution in [0.1, 0.15) is 52.8 Å². The van der Waals surface area contributed by atoms with Gasteiger partial charge in [0.05, 0.1) is 4.92 Å². The van der Waals surface area contributed by atoms with Crippen molar-refractivity contribution >= 4 is 11.5 Å². The van der Waals surface area contributed by atoms with E-state index in [1.807, 2.05) is 13.8 Å². The second-order valence-corrected chi connectivity index (χ2v) is 5.48. The zero-order valence-corrected chi connectivity index (χ0v) is 12.6. The van der Waals surface area contributed by atoms with Crippen LogP contribution < -0.4 is 5.32 Å². The van der Waals surface area contributed by atoms with E-state index in [4.69, 9.17) is 0 Å². The Bertz CT molecular complexity index is 452. The van der Waals surface area contributed by atoms with Crippen LogP contribution >= 0.6 is 0 Å². The molecule has 6 heteroatoms. The molecule has 1 heterocycles. The first-order chi connectivity index (χ1) is 8.79. The topological polar surface area (TPSA) is 73.0 Å². The minimum Gasteiger partial charge on any atom is -0.362 e. The number of nitro groups is 1. The van der Waals surface area contributed by atoms with Crippen LogP contribution in [0.15, 0.2) is 0 Å². The van der Waals surface area contributed by atoms with Gasteiger partial charge >= 0.3 is 5.69 Å². The van der Waals surface area contributed by atoms with Gasteiger partial charge in [0.1, 0.15) is 5.69 Å². The highest BCUT2D eigenvalue weighted by atomic mass is 16.6. The molecule has 6 nitrogen and oxygen atoms in total. The quantitative estimate of drug-likeness (QED) is 0.632. The van der Waals surface area contributed by atoms with E-state index in [1.165, 1.54) is 0 Å². The summed E-state index contributed by atoms with van der Waals surface area (Å²) in [4.78, 5) is 10.9. The summed E-state index contributed by atoms with van der Waals surface area (Å²) in [5, 5.41) is 18.8. The van der Waals surface area contributed by atoms with Crippen LogP contribution in [0.2, 0.25) is 0 Å². The molecule has 0 spiro atoms. The fourth-order valence-corrected chi connectivity index (χ4v) is 2.18. The molecule has 0 aromatic carbocycles. The highest BCUT2D eigenvalue weighted by molar-refractivity contribution is 5.60. The van der Waals surface area contributed by atoms with Gasteiger partial charge in [0.15, 0.2) is 0 Å². The average Bonchev–Trinajstić information content (AvgIpc) is 2.62. The number of nitrogens with zero attached hydrogens (tertiary/aromatic N) is 3. The summed E-state index contributed by atoms with van der Waals surface area (Å²) in [6, 6.07) is 0.284. The minimum absolute atomic E-state index is 0.0829. The lowest BCUT2D eigenvalue weighted by Gasteiger charge is -2.22. The van der Waals surface area contributed by atoms with Gasteiger partial charge in [-0.05, 0) is 33.1 Å². The smallest absolute Gasteiger partial charge is 0.333 e. The maximum absolute atomic E-state index is 11.2. The number of anilines is 1. The highest BCUT2D eigenvalue weighted by Crippen LogP contribution is 2.32. The van der Waals surface area contributed by atoms with Crippen LogP contribution in [0.3, 0.4) is 0 Å². The molecule has 0 saturated heterocycles. The third-order valence-corrected chi connectivity index (χ3v) is 3.29. The molecule has 1 rings (SSSR count). The molecule has 0 aliphatic rings. The molecule has 0 saturated carbocycles. The molecule has 108 valence electrons. The van der Waals surface area contributed by atoms with Gasteiger partial charge in [0, 0.05) is 12.1 Å². The summed E-state index contributed by atoms with van der Waals surface area (Å²) in [7, 11) is 0. The number of aromatic nitrogens is 2. The van der Waals surface area contributed by atoms with Crippen molar-refractivity contribution < 1.29 is 4.92 Å². The summed E-state index contributed by atoms with van der Waals surface area (Å²) in [6.07, 6.45) is 0.914. The van der Waals surface area contributed by atoms with Crippen LogP contribution in [0.4, 0.5) is 11.5 Å². The zero-order chi connectivity index (χ0) is 14.7. The molecule has 0 bridgehead atoms. The first-order valence-electron chi connectivity index (χ1n) is 6.79. The fraction of sp³-hybridized carbons (Fsp3) is 0.769. The number of nitrogens with one attached hydrogen (secondary N) is 1. The Labute approximate surface area is 114 Å². The van der Waals surface area contributed by atoms with E-state index >= 15 is 0 Å². The van der Waals surface area contributed by atoms with E-state index in [0.717, 1.165) is 6.42 Å². The third-order valence-electron chi connectivity index (χ3n) is 3.29. The molecule has 0 radical (unpaired) electrons. The van der Waals surface area contributed by atoms with Crippen molar-refractivity contribution in [3.05, 3.63) is 15.8 Å². The van der Waals surface area contributed by atoms with Gasteiger partial charge in [-0.3, -0.25) is 10.1 Å². The lowest BCUT2D eigenvalue weighted by molar-refractivity contribution is -0.384. The maximum Gasteiger partial charge on any atom is 0.333 e. The van der Waals surface area contributed by atoms with Crippen LogP contribution in [0.25, 0.3) is 0 Å². The molecule has 0 fully saturated rings. The van der Waals surface area contributed by atoms with Crippen molar-refractivity contribution in [1.29, 1.82) is 0 Å². The van der Waals surface area contributed by atoms with Crippen molar-refractivity contribution in [3.63, 3.8) is 0 Å². The van der Waals surface area contributed by atoms with Crippen molar-refractivity contribution in [2.45, 2.75) is 60.0 Å². The molecular weight excluding hydrogens is 244 g/mol. The number of aryl methyl sites for hydroxylation is 1. The zero-order valence-electron chi connectivity index (χ0n) is 12.6. The summed E-state index contributed by atoms with van der Waals surface area (Å²) < 4.78 is 1.71. The molecule has 1 unspecified atom stereocenters. The van der Waals surface area contributed by atoms with E-state index in [-0.39, 0.29) is 22.7 Å². The van der Waals surface area contributed by atoms with Gasteiger partial charge in [-0.2, -0.15) is 5.10 Å². The Morgan fingerprint density at radius 2 is 1.95 bits per heavy atom. The van der Waals surface area contributed by atoms with Crippen molar-refractivity contribution in [3.8, 4) is 0 Å². The summed E-state index contributed by atoms with van der Waals surface area (Å²) >= 11 is 0. The van der Waals surface area contributed by atoms with Crippen molar-refractivity contribution in [2.75, 3.05) is 5.32 Å². The van der Waals surface area contributed by atoms with Gasteiger partial charge in [0.25, 0.3) is 0 Å². The Balaban J connectivity index is 3.25. The van der Waals surface area contributed by atoms with Crippen LogP contribution in [-0.4, -0.2) is 20.7 Å². The molecule has 1 atom stereocenters. The summed E-state index contributed by atoms with van der Waals surface area (Å²) in [5.74, 6) is 0.929. The maximum atomic E-state index is 11.2. The molecule has 0 aliphatic heterocycles. The van der Waals surface area contributed by atoms with Gasteiger partial charge in [-0.1, -0.05) is 20.8 Å². The van der Waals surface area contributed by atoms with Gasteiger partial charge in [-0.15, -0.1) is 0 Å². The minimum atomic E-state index is -0.351. The molecular formula is C13H24N4O2. The number of hydrogen-bond acceptors (Lipinski definition) is 4. The van der Waals surface area contributed by atoms with E-state index in [9.17, 15) is 10.1 Å². The number of hydrogen-bond donors (Lipinski definition) is 1. The average molecular weight is 268 g/mol. The molecule has 0 aliphatic carbocycles. The van der Waals surface area contributed by atoms with Crippen LogP contribution in [-0.2, 0) is 0 Å². The van der Waals surface area contributed by atoms with Gasteiger partial charge in [-0.25, -0.2) is 4.68 Å². The Morgan fingerprint density at radius 3 is 2.32 bits per heavy atom. The largest absolute Gasteiger partial charge is 0.362 e. The van der Waals surface area contributed by atoms with E-state index < -0.39 is 0 Å². The standard InChI is InChI=1S/C13H24N4O2/c1-7-11(8(2)3)14-13-12(17(18)19)10(6)15-16(13)9(4)5/h8-9,11,14H,7H2,1-6H3. The molecule has 1 aromatic heterocycles. The van der Waals surface area contributed by atoms with Gasteiger partial charge < -0.3 is 5.32 Å².